The number of aromatic nitrogens is 2. The van der Waals surface area contributed by atoms with Crippen LogP contribution in [0.2, 0.25) is 0 Å². The van der Waals surface area contributed by atoms with E-state index in [1.807, 2.05) is 13.8 Å². The lowest BCUT2D eigenvalue weighted by molar-refractivity contribution is -0.114. The number of rotatable bonds is 6. The Morgan fingerprint density at radius 3 is 2.44 bits per heavy atom. The quantitative estimate of drug-likeness (QED) is 0.750. The van der Waals surface area contributed by atoms with Crippen molar-refractivity contribution in [3.05, 3.63) is 41.7 Å². The van der Waals surface area contributed by atoms with Crippen molar-refractivity contribution in [1.29, 1.82) is 0 Å². The van der Waals surface area contributed by atoms with Crippen molar-refractivity contribution in [3.63, 3.8) is 0 Å². The minimum Gasteiger partial charge on any atom is -0.352 e. The summed E-state index contributed by atoms with van der Waals surface area (Å²) in [6, 6.07) is 8.78. The summed E-state index contributed by atoms with van der Waals surface area (Å²) in [6.07, 6.45) is 0.925. The standard InChI is InChI=1S/C18H23N5O2/c1-5-11(2)19-18-20-12(3)9-16(23-18)17(25)22-15-8-6-7-14(10-15)21-13(4)24/h6-11H,5H2,1-4H3,(H,21,24)(H,22,25)(H,19,20,23). The molecule has 0 bridgehead atoms. The summed E-state index contributed by atoms with van der Waals surface area (Å²) in [5, 5.41) is 8.64. The van der Waals surface area contributed by atoms with Gasteiger partial charge in [0.05, 0.1) is 0 Å². The molecule has 25 heavy (non-hydrogen) atoms. The number of nitrogens with zero attached hydrogens (tertiary/aromatic N) is 2. The molecule has 0 spiro atoms. The van der Waals surface area contributed by atoms with Gasteiger partial charge in [0, 0.05) is 30.0 Å². The molecule has 2 amide bonds. The molecule has 0 aliphatic heterocycles. The summed E-state index contributed by atoms with van der Waals surface area (Å²) >= 11 is 0. The molecule has 2 aromatic rings. The van der Waals surface area contributed by atoms with Gasteiger partial charge in [-0.1, -0.05) is 13.0 Å². The van der Waals surface area contributed by atoms with E-state index < -0.39 is 0 Å². The minimum atomic E-state index is -0.335. The second-order valence-electron chi connectivity index (χ2n) is 5.89. The van der Waals surface area contributed by atoms with Crippen molar-refractivity contribution in [2.45, 2.75) is 40.2 Å². The molecule has 7 heteroatoms. The number of nitrogens with one attached hydrogen (secondary N) is 3. The van der Waals surface area contributed by atoms with E-state index in [2.05, 4.69) is 32.8 Å². The van der Waals surface area contributed by atoms with Gasteiger partial charge in [0.1, 0.15) is 5.69 Å². The molecule has 3 N–H and O–H groups in total. The van der Waals surface area contributed by atoms with E-state index in [0.717, 1.165) is 6.42 Å². The molecule has 0 aliphatic carbocycles. The molecule has 1 aromatic carbocycles. The fraction of sp³-hybridized carbons (Fsp3) is 0.333. The van der Waals surface area contributed by atoms with Crippen molar-refractivity contribution < 1.29 is 9.59 Å². The van der Waals surface area contributed by atoms with Gasteiger partial charge in [-0.3, -0.25) is 9.59 Å². The van der Waals surface area contributed by atoms with E-state index in [-0.39, 0.29) is 23.6 Å². The highest BCUT2D eigenvalue weighted by Gasteiger charge is 2.12. The molecule has 1 atom stereocenters. The first-order valence-corrected chi connectivity index (χ1v) is 8.18. The summed E-state index contributed by atoms with van der Waals surface area (Å²) in [6.45, 7) is 7.33. The van der Waals surface area contributed by atoms with E-state index in [0.29, 0.717) is 23.0 Å². The van der Waals surface area contributed by atoms with Gasteiger partial charge in [-0.25, -0.2) is 9.97 Å². The van der Waals surface area contributed by atoms with Crippen LogP contribution in [0.4, 0.5) is 17.3 Å². The number of carbonyl (C=O) groups is 2. The SMILES string of the molecule is CCC(C)Nc1nc(C)cc(C(=O)Nc2cccc(NC(C)=O)c2)n1. The number of hydrogen-bond donors (Lipinski definition) is 3. The Kier molecular flexibility index (Phi) is 6.05. The van der Waals surface area contributed by atoms with Gasteiger partial charge in [-0.15, -0.1) is 0 Å². The molecule has 7 nitrogen and oxygen atoms in total. The number of hydrogen-bond acceptors (Lipinski definition) is 5. The van der Waals surface area contributed by atoms with Crippen molar-refractivity contribution >= 4 is 29.1 Å². The van der Waals surface area contributed by atoms with Crippen LogP contribution in [-0.4, -0.2) is 27.8 Å². The Morgan fingerprint density at radius 2 is 1.80 bits per heavy atom. The van der Waals surface area contributed by atoms with Crippen LogP contribution < -0.4 is 16.0 Å². The lowest BCUT2D eigenvalue weighted by Crippen LogP contribution is -2.19. The highest BCUT2D eigenvalue weighted by molar-refractivity contribution is 6.03. The maximum absolute atomic E-state index is 12.5. The van der Waals surface area contributed by atoms with Crippen LogP contribution in [0.5, 0.6) is 0 Å². The summed E-state index contributed by atoms with van der Waals surface area (Å²) in [7, 11) is 0. The first kappa shape index (κ1) is 18.4. The van der Waals surface area contributed by atoms with Crippen LogP contribution >= 0.6 is 0 Å². The maximum Gasteiger partial charge on any atom is 0.274 e. The van der Waals surface area contributed by atoms with Gasteiger partial charge in [0.15, 0.2) is 0 Å². The Morgan fingerprint density at radius 1 is 1.12 bits per heavy atom. The third kappa shape index (κ3) is 5.56. The lowest BCUT2D eigenvalue weighted by atomic mass is 10.2. The minimum absolute atomic E-state index is 0.171. The number of aryl methyl sites for hydroxylation is 1. The zero-order chi connectivity index (χ0) is 18.4. The van der Waals surface area contributed by atoms with Crippen LogP contribution in [0.1, 0.15) is 43.4 Å². The van der Waals surface area contributed by atoms with Gasteiger partial charge >= 0.3 is 0 Å². The highest BCUT2D eigenvalue weighted by atomic mass is 16.2. The summed E-state index contributed by atoms with van der Waals surface area (Å²) < 4.78 is 0. The summed E-state index contributed by atoms with van der Waals surface area (Å²) in [5.41, 5.74) is 2.17. The normalized spacial score (nSPS) is 11.5. The van der Waals surface area contributed by atoms with Crippen molar-refractivity contribution in [2.75, 3.05) is 16.0 Å². The second kappa shape index (κ2) is 8.23. The topological polar surface area (TPSA) is 96.0 Å². The van der Waals surface area contributed by atoms with Crippen LogP contribution in [-0.2, 0) is 4.79 Å². The molecular weight excluding hydrogens is 318 g/mol. The smallest absolute Gasteiger partial charge is 0.274 e. The predicted molar refractivity (Wildman–Crippen MR) is 98.8 cm³/mol. The third-order valence-corrected chi connectivity index (χ3v) is 3.52. The van der Waals surface area contributed by atoms with E-state index in [1.54, 1.807) is 30.3 Å². The summed E-state index contributed by atoms with van der Waals surface area (Å²) in [4.78, 5) is 32.2. The van der Waals surface area contributed by atoms with Gasteiger partial charge < -0.3 is 16.0 Å². The first-order chi connectivity index (χ1) is 11.9. The molecule has 2 rings (SSSR count). The van der Waals surface area contributed by atoms with Crippen LogP contribution in [0.25, 0.3) is 0 Å². The highest BCUT2D eigenvalue weighted by Crippen LogP contribution is 2.16. The first-order valence-electron chi connectivity index (χ1n) is 8.18. The molecule has 1 heterocycles. The zero-order valence-corrected chi connectivity index (χ0v) is 14.9. The largest absolute Gasteiger partial charge is 0.352 e. The third-order valence-electron chi connectivity index (χ3n) is 3.52. The Hall–Kier alpha value is -2.96. The van der Waals surface area contributed by atoms with Gasteiger partial charge in [0.25, 0.3) is 5.91 Å². The van der Waals surface area contributed by atoms with Crippen LogP contribution in [0, 0.1) is 6.92 Å². The van der Waals surface area contributed by atoms with Gasteiger partial charge in [-0.05, 0) is 44.5 Å². The Bertz CT molecular complexity index is 776. The molecular formula is C18H23N5O2. The Balaban J connectivity index is 2.16. The van der Waals surface area contributed by atoms with E-state index >= 15 is 0 Å². The fourth-order valence-electron chi connectivity index (χ4n) is 2.14. The van der Waals surface area contributed by atoms with Gasteiger partial charge in [0.2, 0.25) is 11.9 Å². The average molecular weight is 341 g/mol. The van der Waals surface area contributed by atoms with Gasteiger partial charge in [-0.2, -0.15) is 0 Å². The lowest BCUT2D eigenvalue weighted by Gasteiger charge is -2.13. The van der Waals surface area contributed by atoms with E-state index in [1.165, 1.54) is 6.92 Å². The number of anilines is 3. The molecule has 0 aliphatic rings. The van der Waals surface area contributed by atoms with Crippen LogP contribution in [0.15, 0.2) is 30.3 Å². The zero-order valence-electron chi connectivity index (χ0n) is 14.9. The van der Waals surface area contributed by atoms with Crippen molar-refractivity contribution in [1.82, 2.24) is 9.97 Å². The molecule has 0 saturated carbocycles. The van der Waals surface area contributed by atoms with Crippen molar-refractivity contribution in [2.24, 2.45) is 0 Å². The van der Waals surface area contributed by atoms with Crippen LogP contribution in [0.3, 0.4) is 0 Å². The van der Waals surface area contributed by atoms with E-state index in [9.17, 15) is 9.59 Å². The van der Waals surface area contributed by atoms with E-state index in [4.69, 9.17) is 0 Å². The molecule has 1 unspecified atom stereocenters. The number of carbonyl (C=O) groups excluding carboxylic acids is 2. The average Bonchev–Trinajstić information content (AvgIpc) is 2.53. The number of amides is 2. The molecule has 0 fully saturated rings. The monoisotopic (exact) mass is 341 g/mol. The second-order valence-corrected chi connectivity index (χ2v) is 5.89. The number of benzene rings is 1. The molecule has 132 valence electrons. The maximum atomic E-state index is 12.5. The Labute approximate surface area is 147 Å². The molecule has 0 radical (unpaired) electrons. The van der Waals surface area contributed by atoms with Crippen molar-refractivity contribution in [3.8, 4) is 0 Å². The predicted octanol–water partition coefficient (Wildman–Crippen LogP) is 3.21. The molecule has 1 aromatic heterocycles. The fourth-order valence-corrected chi connectivity index (χ4v) is 2.14. The molecule has 0 saturated heterocycles. The summed E-state index contributed by atoms with van der Waals surface area (Å²) in [5.74, 6) is -0.0696.